The maximum absolute atomic E-state index is 6.77. The number of halogens is 1. The van der Waals surface area contributed by atoms with Gasteiger partial charge in [0.1, 0.15) is 0 Å². The molecule has 0 bridgehead atoms. The summed E-state index contributed by atoms with van der Waals surface area (Å²) < 4.78 is 0. The average Bonchev–Trinajstić information content (AvgIpc) is 2.58. The fourth-order valence-electron chi connectivity index (χ4n) is 2.35. The molecule has 0 N–H and O–H groups in total. The van der Waals surface area contributed by atoms with Crippen LogP contribution in [0.4, 0.5) is 11.4 Å². The first kappa shape index (κ1) is 13.8. The molecule has 0 unspecified atom stereocenters. The van der Waals surface area contributed by atoms with Crippen LogP contribution in [0, 0.1) is 0 Å². The van der Waals surface area contributed by atoms with Gasteiger partial charge in [0.05, 0.1) is 0 Å². The first-order chi connectivity index (χ1) is 10.4. The maximum Gasteiger partial charge on any atom is 0.399 e. The summed E-state index contributed by atoms with van der Waals surface area (Å²) in [6, 6.07) is 30.6. The summed E-state index contributed by atoms with van der Waals surface area (Å²) in [7, 11) is 0. The van der Waals surface area contributed by atoms with Gasteiger partial charge in [-0.2, -0.15) is 11.5 Å². The average molecular weight is 292 g/mol. The van der Waals surface area contributed by atoms with Crippen LogP contribution in [0.25, 0.3) is 0 Å². The predicted octanol–water partition coefficient (Wildman–Crippen LogP) is 4.46. The van der Waals surface area contributed by atoms with Crippen LogP contribution >= 0.6 is 11.5 Å². The summed E-state index contributed by atoms with van der Waals surface area (Å²) in [4.78, 5) is 2.14. The van der Waals surface area contributed by atoms with Gasteiger partial charge < -0.3 is 4.81 Å². The molecule has 0 fully saturated rings. The van der Waals surface area contributed by atoms with Gasteiger partial charge >= 0.3 is 6.26 Å². The Hall–Kier alpha value is -2.19. The van der Waals surface area contributed by atoms with Crippen LogP contribution in [0.15, 0.2) is 91.0 Å². The van der Waals surface area contributed by atoms with Crippen molar-refractivity contribution >= 4 is 34.6 Å². The van der Waals surface area contributed by atoms with Gasteiger partial charge in [-0.15, -0.1) is 0 Å². The second kappa shape index (κ2) is 6.51. The lowest BCUT2D eigenvalue weighted by molar-refractivity contribution is 1.39. The molecule has 0 aromatic heterocycles. The van der Waals surface area contributed by atoms with Crippen molar-refractivity contribution in [2.75, 3.05) is 4.81 Å². The van der Waals surface area contributed by atoms with E-state index in [4.69, 9.17) is 11.5 Å². The van der Waals surface area contributed by atoms with E-state index in [2.05, 4.69) is 41.2 Å². The van der Waals surface area contributed by atoms with E-state index in [1.54, 1.807) is 0 Å². The van der Waals surface area contributed by atoms with E-state index in [-0.39, 0.29) is 6.26 Å². The van der Waals surface area contributed by atoms with Crippen molar-refractivity contribution in [2.24, 2.45) is 0 Å². The summed E-state index contributed by atoms with van der Waals surface area (Å²) in [5.41, 5.74) is 3.23. The Balaban J connectivity index is 2.05. The summed E-state index contributed by atoms with van der Waals surface area (Å²) in [6.45, 7) is 0. The third-order valence-corrected chi connectivity index (χ3v) is 3.82. The first-order valence-electron chi connectivity index (χ1n) is 6.94. The van der Waals surface area contributed by atoms with Crippen LogP contribution in [0.1, 0.15) is 0 Å². The molecule has 0 atom stereocenters. The molecule has 0 heterocycles. The topological polar surface area (TPSA) is 3.24 Å². The smallest absolute Gasteiger partial charge is 0.367 e. The molecule has 0 aliphatic rings. The van der Waals surface area contributed by atoms with E-state index in [0.29, 0.717) is 0 Å². The van der Waals surface area contributed by atoms with Crippen LogP contribution in [0.3, 0.4) is 0 Å². The highest BCUT2D eigenvalue weighted by Crippen LogP contribution is 2.27. The highest BCUT2D eigenvalue weighted by atomic mass is 35.5. The molecule has 3 aromatic carbocycles. The van der Waals surface area contributed by atoms with Crippen LogP contribution < -0.4 is 10.3 Å². The Kier molecular flexibility index (Phi) is 4.27. The first-order valence-corrected chi connectivity index (χ1v) is 7.38. The van der Waals surface area contributed by atoms with Crippen LogP contribution in [-0.4, -0.2) is 6.26 Å². The van der Waals surface area contributed by atoms with Gasteiger partial charge in [0, 0.05) is 11.4 Å². The molecule has 0 aliphatic heterocycles. The third-order valence-electron chi connectivity index (χ3n) is 3.37. The van der Waals surface area contributed by atoms with Crippen molar-refractivity contribution in [2.45, 2.75) is 0 Å². The zero-order valence-corrected chi connectivity index (χ0v) is 12.3. The minimum atomic E-state index is -0.254. The van der Waals surface area contributed by atoms with Gasteiger partial charge in [0.25, 0.3) is 0 Å². The van der Waals surface area contributed by atoms with E-state index in [1.165, 1.54) is 0 Å². The number of benzene rings is 3. The molecule has 3 rings (SSSR count). The number of hydrogen-bond donors (Lipinski definition) is 0. The van der Waals surface area contributed by atoms with Gasteiger partial charge in [-0.3, -0.25) is 0 Å². The molecule has 3 aromatic rings. The highest BCUT2D eigenvalue weighted by molar-refractivity contribution is 7.16. The van der Waals surface area contributed by atoms with Crippen molar-refractivity contribution in [3.63, 3.8) is 0 Å². The van der Waals surface area contributed by atoms with E-state index >= 15 is 0 Å². The standard InChI is InChI=1S/C18H15BClN/c20-19(16-10-4-1-5-11-16)21(17-12-6-2-7-13-17)18-14-8-3-9-15-18/h1-15H. The lowest BCUT2D eigenvalue weighted by Crippen LogP contribution is -2.41. The number of para-hydroxylation sites is 2. The SMILES string of the molecule is ClB(c1ccccc1)N(c1ccccc1)c1ccccc1. The number of hydrogen-bond acceptors (Lipinski definition) is 1. The minimum Gasteiger partial charge on any atom is -0.367 e. The quantitative estimate of drug-likeness (QED) is 0.642. The Morgan fingerprint density at radius 3 is 1.38 bits per heavy atom. The molecular weight excluding hydrogens is 276 g/mol. The fourth-order valence-corrected chi connectivity index (χ4v) is 2.72. The maximum atomic E-state index is 6.77. The van der Waals surface area contributed by atoms with E-state index < -0.39 is 0 Å². The zero-order chi connectivity index (χ0) is 14.5. The van der Waals surface area contributed by atoms with Crippen LogP contribution in [-0.2, 0) is 0 Å². The Morgan fingerprint density at radius 1 is 0.571 bits per heavy atom. The number of anilines is 2. The van der Waals surface area contributed by atoms with Gasteiger partial charge in [-0.1, -0.05) is 66.7 Å². The summed E-state index contributed by atoms with van der Waals surface area (Å²) in [5.74, 6) is 0. The molecule has 0 amide bonds. The Morgan fingerprint density at radius 2 is 0.952 bits per heavy atom. The number of nitrogens with zero attached hydrogens (tertiary/aromatic N) is 1. The molecule has 3 heteroatoms. The minimum absolute atomic E-state index is 0.254. The van der Waals surface area contributed by atoms with Crippen molar-refractivity contribution in [3.8, 4) is 0 Å². The van der Waals surface area contributed by atoms with Crippen molar-refractivity contribution in [1.82, 2.24) is 0 Å². The second-order valence-electron chi connectivity index (χ2n) is 4.79. The molecule has 21 heavy (non-hydrogen) atoms. The predicted molar refractivity (Wildman–Crippen MR) is 92.7 cm³/mol. The second-order valence-corrected chi connectivity index (χ2v) is 5.20. The highest BCUT2D eigenvalue weighted by Gasteiger charge is 2.25. The van der Waals surface area contributed by atoms with Gasteiger partial charge in [-0.05, 0) is 29.7 Å². The monoisotopic (exact) mass is 291 g/mol. The molecule has 0 spiro atoms. The summed E-state index contributed by atoms with van der Waals surface area (Å²) in [5, 5.41) is 0. The third kappa shape index (κ3) is 3.12. The Labute approximate surface area is 130 Å². The van der Waals surface area contributed by atoms with E-state index in [0.717, 1.165) is 16.8 Å². The summed E-state index contributed by atoms with van der Waals surface area (Å²) >= 11 is 6.77. The molecule has 1 nitrogen and oxygen atoms in total. The molecule has 0 aliphatic carbocycles. The van der Waals surface area contributed by atoms with Gasteiger partial charge in [-0.25, -0.2) is 0 Å². The lowest BCUT2D eigenvalue weighted by atomic mass is 9.77. The largest absolute Gasteiger partial charge is 0.399 e. The van der Waals surface area contributed by atoms with Gasteiger partial charge in [0.2, 0.25) is 0 Å². The lowest BCUT2D eigenvalue weighted by Gasteiger charge is -2.28. The van der Waals surface area contributed by atoms with Crippen LogP contribution in [0.5, 0.6) is 0 Å². The molecule has 0 saturated heterocycles. The van der Waals surface area contributed by atoms with Crippen molar-refractivity contribution in [1.29, 1.82) is 0 Å². The molecular formula is C18H15BClN. The Bertz CT molecular complexity index is 634. The van der Waals surface area contributed by atoms with Gasteiger partial charge in [0.15, 0.2) is 0 Å². The van der Waals surface area contributed by atoms with E-state index in [9.17, 15) is 0 Å². The molecule has 0 radical (unpaired) electrons. The normalized spacial score (nSPS) is 10.1. The summed E-state index contributed by atoms with van der Waals surface area (Å²) in [6.07, 6.45) is -0.254. The van der Waals surface area contributed by atoms with Crippen LogP contribution in [0.2, 0.25) is 0 Å². The molecule has 102 valence electrons. The van der Waals surface area contributed by atoms with Crippen molar-refractivity contribution in [3.05, 3.63) is 91.0 Å². The van der Waals surface area contributed by atoms with E-state index in [1.807, 2.05) is 54.6 Å². The number of rotatable bonds is 4. The van der Waals surface area contributed by atoms with Crippen molar-refractivity contribution < 1.29 is 0 Å². The molecule has 0 saturated carbocycles. The fraction of sp³-hybridized carbons (Fsp3) is 0. The zero-order valence-electron chi connectivity index (χ0n) is 11.6.